The Balaban J connectivity index is 1.74. The van der Waals surface area contributed by atoms with Crippen LogP contribution in [-0.4, -0.2) is 53.6 Å². The number of Topliss-reactive ketones (excluding diaryl/α,β-unsaturated/α-hetero) is 1. The topological polar surface area (TPSA) is 101 Å². The van der Waals surface area contributed by atoms with Gasteiger partial charge >= 0.3 is 0 Å². The maximum absolute atomic E-state index is 13.9. The number of ketones is 1. The maximum atomic E-state index is 13.9. The Morgan fingerprint density at radius 1 is 1.05 bits per heavy atom. The number of benzene rings is 2. The molecule has 2 heterocycles. The summed E-state index contributed by atoms with van der Waals surface area (Å²) in [7, 11) is 1.46. The fraction of sp³-hybridized carbons (Fsp3) is 0.300. The Bertz CT molecular complexity index is 1370. The van der Waals surface area contributed by atoms with Gasteiger partial charge in [0.05, 0.1) is 30.1 Å². The normalized spacial score (nSPS) is 15.4. The third-order valence-corrected chi connectivity index (χ3v) is 6.67. The third kappa shape index (κ3) is 5.86. The van der Waals surface area contributed by atoms with Gasteiger partial charge < -0.3 is 15.0 Å². The molecule has 0 saturated heterocycles. The molecule has 0 fully saturated rings. The van der Waals surface area contributed by atoms with E-state index >= 15 is 0 Å². The van der Waals surface area contributed by atoms with Crippen molar-refractivity contribution in [1.29, 1.82) is 0 Å². The molecule has 0 spiro atoms. The fourth-order valence-electron chi connectivity index (χ4n) is 4.20. The molecule has 1 aliphatic rings. The van der Waals surface area contributed by atoms with Gasteiger partial charge in [-0.3, -0.25) is 24.4 Å². The molecular formula is C30H32N4O4. The molecule has 0 unspecified atom stereocenters. The first-order valence-corrected chi connectivity index (χ1v) is 12.6. The number of nitrogens with one attached hydrogen (secondary N) is 1. The Hall–Kier alpha value is -4.17. The van der Waals surface area contributed by atoms with Crippen molar-refractivity contribution in [3.05, 3.63) is 89.7 Å². The van der Waals surface area contributed by atoms with E-state index in [4.69, 9.17) is 9.73 Å². The van der Waals surface area contributed by atoms with Gasteiger partial charge in [0, 0.05) is 24.6 Å². The van der Waals surface area contributed by atoms with Crippen LogP contribution in [0, 0.1) is 0 Å². The number of aryl methyl sites for hydroxylation is 1. The zero-order valence-electron chi connectivity index (χ0n) is 22.1. The van der Waals surface area contributed by atoms with E-state index in [0.717, 1.165) is 12.0 Å². The number of benzodiazepines with no additional fused rings is 1. The Labute approximate surface area is 222 Å². The van der Waals surface area contributed by atoms with Crippen LogP contribution in [0.25, 0.3) is 0 Å². The monoisotopic (exact) mass is 512 g/mol. The summed E-state index contributed by atoms with van der Waals surface area (Å²) < 4.78 is 5.37. The predicted molar refractivity (Wildman–Crippen MR) is 148 cm³/mol. The molecule has 38 heavy (non-hydrogen) atoms. The number of nitrogens with zero attached hydrogens (tertiary/aromatic N) is 3. The Kier molecular flexibility index (Phi) is 8.12. The van der Waals surface area contributed by atoms with Gasteiger partial charge in [0.1, 0.15) is 11.6 Å². The summed E-state index contributed by atoms with van der Waals surface area (Å²) in [6.07, 6.45) is 2.29. The molecule has 0 saturated carbocycles. The fourth-order valence-corrected chi connectivity index (χ4v) is 4.20. The standard InChI is InChI=1S/C30H32N4O4/c1-5-20-11-10-12-21(17-20)32-27(36)18-24-29(37)34(19-26(35)30(2,3)38-4)25-15-7-6-13-22(25)28(33-24)23-14-8-9-16-31-23/h6-17,24H,5,18-19H2,1-4H3,(H,32,36)/t24-/m0/s1. The number of fused-ring (bicyclic) bond motifs is 1. The number of aromatic nitrogens is 1. The highest BCUT2D eigenvalue weighted by Crippen LogP contribution is 2.30. The highest BCUT2D eigenvalue weighted by molar-refractivity contribution is 6.20. The van der Waals surface area contributed by atoms with Crippen molar-refractivity contribution in [2.75, 3.05) is 23.9 Å². The lowest BCUT2D eigenvalue weighted by Crippen LogP contribution is -2.47. The van der Waals surface area contributed by atoms with Gasteiger partial charge in [0.2, 0.25) is 5.91 Å². The number of rotatable bonds is 9. The van der Waals surface area contributed by atoms with E-state index in [1.54, 1.807) is 38.2 Å². The highest BCUT2D eigenvalue weighted by atomic mass is 16.5. The van der Waals surface area contributed by atoms with E-state index in [1.807, 2.05) is 55.5 Å². The van der Waals surface area contributed by atoms with E-state index in [1.165, 1.54) is 12.0 Å². The van der Waals surface area contributed by atoms with Gasteiger partial charge in [-0.05, 0) is 56.2 Å². The predicted octanol–water partition coefficient (Wildman–Crippen LogP) is 4.22. The van der Waals surface area contributed by atoms with Crippen LogP contribution in [0.3, 0.4) is 0 Å². The van der Waals surface area contributed by atoms with Crippen LogP contribution in [0.5, 0.6) is 0 Å². The zero-order chi connectivity index (χ0) is 27.3. The van der Waals surface area contributed by atoms with Gasteiger partial charge in [-0.2, -0.15) is 0 Å². The number of hydrogen-bond acceptors (Lipinski definition) is 6. The van der Waals surface area contributed by atoms with Crippen molar-refractivity contribution in [1.82, 2.24) is 4.98 Å². The number of ether oxygens (including phenoxy) is 1. The van der Waals surface area contributed by atoms with E-state index in [-0.39, 0.29) is 24.7 Å². The molecule has 1 aliphatic heterocycles. The second-order valence-corrected chi connectivity index (χ2v) is 9.59. The SMILES string of the molecule is CCc1cccc(NC(=O)C[C@@H]2N=C(c3ccccn3)c3ccccc3N(CC(=O)C(C)(C)OC)C2=O)c1. The van der Waals surface area contributed by atoms with Crippen molar-refractivity contribution >= 4 is 34.7 Å². The molecule has 8 heteroatoms. The van der Waals surface area contributed by atoms with Crippen molar-refractivity contribution in [2.24, 2.45) is 4.99 Å². The number of anilines is 2. The molecule has 1 aromatic heterocycles. The van der Waals surface area contributed by atoms with Gasteiger partial charge in [-0.1, -0.05) is 43.3 Å². The number of para-hydroxylation sites is 1. The van der Waals surface area contributed by atoms with Crippen LogP contribution < -0.4 is 10.2 Å². The van der Waals surface area contributed by atoms with E-state index in [9.17, 15) is 14.4 Å². The minimum atomic E-state index is -1.09. The number of carbonyl (C=O) groups excluding carboxylic acids is 3. The van der Waals surface area contributed by atoms with E-state index in [2.05, 4.69) is 10.3 Å². The summed E-state index contributed by atoms with van der Waals surface area (Å²) in [5, 5.41) is 2.89. The highest BCUT2D eigenvalue weighted by Gasteiger charge is 2.37. The minimum Gasteiger partial charge on any atom is -0.371 e. The minimum absolute atomic E-state index is 0.197. The lowest BCUT2D eigenvalue weighted by atomic mass is 10.0. The Morgan fingerprint density at radius 2 is 1.82 bits per heavy atom. The first-order chi connectivity index (χ1) is 18.2. The van der Waals surface area contributed by atoms with Crippen molar-refractivity contribution in [3.8, 4) is 0 Å². The zero-order valence-corrected chi connectivity index (χ0v) is 22.1. The largest absolute Gasteiger partial charge is 0.371 e. The van der Waals surface area contributed by atoms with Gasteiger partial charge in [0.15, 0.2) is 5.78 Å². The molecule has 2 amide bonds. The summed E-state index contributed by atoms with van der Waals surface area (Å²) >= 11 is 0. The first-order valence-electron chi connectivity index (χ1n) is 12.6. The number of pyridine rings is 1. The van der Waals surface area contributed by atoms with Crippen LogP contribution in [-0.2, 0) is 25.5 Å². The van der Waals surface area contributed by atoms with Crippen LogP contribution in [0.1, 0.15) is 44.0 Å². The second-order valence-electron chi connectivity index (χ2n) is 9.59. The van der Waals surface area contributed by atoms with Gasteiger partial charge in [0.25, 0.3) is 5.91 Å². The number of aliphatic imine (C=N–C) groups is 1. The third-order valence-electron chi connectivity index (χ3n) is 6.67. The van der Waals surface area contributed by atoms with Crippen LogP contribution in [0.15, 0.2) is 77.9 Å². The first kappa shape index (κ1) is 26.9. The molecular weight excluding hydrogens is 480 g/mol. The van der Waals surface area contributed by atoms with Crippen LogP contribution in [0.2, 0.25) is 0 Å². The average Bonchev–Trinajstić information content (AvgIpc) is 3.04. The number of amides is 2. The molecule has 0 bridgehead atoms. The lowest BCUT2D eigenvalue weighted by molar-refractivity contribution is -0.136. The lowest BCUT2D eigenvalue weighted by Gasteiger charge is -2.28. The molecule has 3 aromatic rings. The number of methoxy groups -OCH3 is 1. The number of carbonyl (C=O) groups is 3. The quantitative estimate of drug-likeness (QED) is 0.463. The molecule has 196 valence electrons. The summed E-state index contributed by atoms with van der Waals surface area (Å²) in [6.45, 7) is 5.14. The summed E-state index contributed by atoms with van der Waals surface area (Å²) in [6, 6.07) is 19.2. The van der Waals surface area contributed by atoms with Crippen LogP contribution in [0.4, 0.5) is 11.4 Å². The van der Waals surface area contributed by atoms with Crippen molar-refractivity contribution in [3.63, 3.8) is 0 Å². The Morgan fingerprint density at radius 3 is 2.53 bits per heavy atom. The van der Waals surface area contributed by atoms with E-state index in [0.29, 0.717) is 28.3 Å². The smallest absolute Gasteiger partial charge is 0.252 e. The molecule has 1 N–H and O–H groups in total. The van der Waals surface area contributed by atoms with E-state index < -0.39 is 17.6 Å². The van der Waals surface area contributed by atoms with Crippen molar-refractivity contribution < 1.29 is 19.1 Å². The molecule has 0 aliphatic carbocycles. The molecule has 8 nitrogen and oxygen atoms in total. The molecule has 0 radical (unpaired) electrons. The van der Waals surface area contributed by atoms with Gasteiger partial charge in [-0.15, -0.1) is 0 Å². The maximum Gasteiger partial charge on any atom is 0.252 e. The summed E-state index contributed by atoms with van der Waals surface area (Å²) in [4.78, 5) is 50.9. The summed E-state index contributed by atoms with van der Waals surface area (Å²) in [5.74, 6) is -1.07. The molecule has 2 aromatic carbocycles. The molecule has 1 atom stereocenters. The summed E-state index contributed by atoms with van der Waals surface area (Å²) in [5.41, 5.74) is 2.89. The molecule has 4 rings (SSSR count). The number of hydrogen-bond donors (Lipinski definition) is 1. The van der Waals surface area contributed by atoms with Crippen LogP contribution >= 0.6 is 0 Å². The van der Waals surface area contributed by atoms with Crippen molar-refractivity contribution in [2.45, 2.75) is 45.3 Å². The van der Waals surface area contributed by atoms with Gasteiger partial charge in [-0.25, -0.2) is 0 Å². The second kappa shape index (κ2) is 11.5. The average molecular weight is 513 g/mol.